The van der Waals surface area contributed by atoms with Crippen molar-refractivity contribution in [1.29, 1.82) is 0 Å². The zero-order valence-corrected chi connectivity index (χ0v) is 16.3. The first-order valence-corrected chi connectivity index (χ1v) is 8.39. The number of rotatable bonds is 1. The molecule has 1 aliphatic heterocycles. The van der Waals surface area contributed by atoms with Crippen LogP contribution >= 0.6 is 0 Å². The van der Waals surface area contributed by atoms with Crippen LogP contribution in [0.15, 0.2) is 24.3 Å². The van der Waals surface area contributed by atoms with E-state index in [1.165, 1.54) is 43.2 Å². The maximum atomic E-state index is 5.99. The van der Waals surface area contributed by atoms with Gasteiger partial charge in [-0.2, -0.15) is 19.3 Å². The van der Waals surface area contributed by atoms with Crippen molar-refractivity contribution in [2.75, 3.05) is 0 Å². The maximum Gasteiger partial charge on any atom is 0.158 e. The molecule has 1 heterocycles. The van der Waals surface area contributed by atoms with Gasteiger partial charge < -0.3 is 5.92 Å². The molecule has 0 amide bonds. The Balaban J connectivity index is 0.00000125. The van der Waals surface area contributed by atoms with Crippen molar-refractivity contribution in [2.45, 2.75) is 57.2 Å². The first kappa shape index (κ1) is 15.8. The van der Waals surface area contributed by atoms with Crippen molar-refractivity contribution in [3.8, 4) is 0 Å². The van der Waals surface area contributed by atoms with E-state index in [-0.39, 0.29) is 43.9 Å². The number of benzene rings is 1. The van der Waals surface area contributed by atoms with Gasteiger partial charge in [0.05, 0.1) is 0 Å². The molecule has 115 valence electrons. The van der Waals surface area contributed by atoms with Crippen LogP contribution in [-0.4, -0.2) is 5.60 Å². The second-order valence-electron chi connectivity index (χ2n) is 7.96. The topological polar surface area (TPSA) is 18.5 Å². The van der Waals surface area contributed by atoms with Crippen LogP contribution in [0, 0.1) is 30.6 Å². The van der Waals surface area contributed by atoms with Crippen LogP contribution in [0.25, 0.3) is 0 Å². The zero-order chi connectivity index (χ0) is 14.2. The predicted octanol–water partition coefficient (Wildman–Crippen LogP) is 4.32. The van der Waals surface area contributed by atoms with E-state index >= 15 is 0 Å². The van der Waals surface area contributed by atoms with E-state index in [0.717, 1.165) is 5.92 Å². The zero-order valence-electron chi connectivity index (χ0n) is 13.5. The van der Waals surface area contributed by atoms with Crippen LogP contribution in [0.1, 0.15) is 50.2 Å². The van der Waals surface area contributed by atoms with Crippen LogP contribution in [0.5, 0.6) is 0 Å². The van der Waals surface area contributed by atoms with Gasteiger partial charge in [0, 0.05) is 32.7 Å². The van der Waals surface area contributed by atoms with Crippen molar-refractivity contribution in [3.05, 3.63) is 41.3 Å². The van der Waals surface area contributed by atoms with Crippen LogP contribution in [0.2, 0.25) is 0 Å². The third kappa shape index (κ3) is 1.82. The summed E-state index contributed by atoms with van der Waals surface area (Å²) in [5, 5.41) is 0. The molecule has 5 aliphatic rings. The minimum Gasteiger partial charge on any atom is -0.313 e. The minimum absolute atomic E-state index is 0. The summed E-state index contributed by atoms with van der Waals surface area (Å²) in [6.07, 6.45) is 6.62. The van der Waals surface area contributed by atoms with Crippen molar-refractivity contribution in [1.82, 2.24) is 0 Å². The Bertz CT molecular complexity index is 571. The molecule has 1 aromatic carbocycles. The summed E-state index contributed by atoms with van der Waals surface area (Å²) >= 11 is 0. The molecular weight excluding hydrogens is 349 g/mol. The molecule has 4 bridgehead atoms. The Morgan fingerprint density at radius 1 is 1.09 bits per heavy atom. The average molecular weight is 372 g/mol. The monoisotopic (exact) mass is 372 g/mol. The van der Waals surface area contributed by atoms with Crippen LogP contribution < -0.4 is 0 Å². The van der Waals surface area contributed by atoms with E-state index in [2.05, 4.69) is 38.1 Å². The fourth-order valence-corrected chi connectivity index (χ4v) is 5.97. The second-order valence-corrected chi connectivity index (χ2v) is 7.96. The molecular formula is C19H23O2Y-. The Morgan fingerprint density at radius 2 is 1.82 bits per heavy atom. The van der Waals surface area contributed by atoms with Gasteiger partial charge >= 0.3 is 0 Å². The van der Waals surface area contributed by atoms with Crippen molar-refractivity contribution in [3.63, 3.8) is 0 Å². The van der Waals surface area contributed by atoms with E-state index in [9.17, 15) is 0 Å². The Labute approximate surface area is 158 Å². The van der Waals surface area contributed by atoms with Crippen molar-refractivity contribution < 1.29 is 42.5 Å². The van der Waals surface area contributed by atoms with Gasteiger partial charge in [0.15, 0.2) is 5.60 Å². The van der Waals surface area contributed by atoms with E-state index < -0.39 is 0 Å². The maximum absolute atomic E-state index is 5.99. The predicted molar refractivity (Wildman–Crippen MR) is 80.2 cm³/mol. The van der Waals surface area contributed by atoms with Gasteiger partial charge in [-0.15, -0.1) is 0 Å². The fraction of sp³-hybridized carbons (Fsp3) is 0.632. The van der Waals surface area contributed by atoms with E-state index in [1.54, 1.807) is 5.92 Å². The van der Waals surface area contributed by atoms with Gasteiger partial charge in [0.1, 0.15) is 5.60 Å². The van der Waals surface area contributed by atoms with Crippen LogP contribution in [-0.2, 0) is 48.1 Å². The van der Waals surface area contributed by atoms with Gasteiger partial charge in [-0.1, -0.05) is 35.7 Å². The molecule has 4 aliphatic carbocycles. The molecule has 1 saturated heterocycles. The summed E-state index contributed by atoms with van der Waals surface area (Å²) in [5.74, 6) is 4.06. The normalized spacial score (nSPS) is 45.6. The van der Waals surface area contributed by atoms with Gasteiger partial charge in [0.25, 0.3) is 0 Å². The molecule has 6 rings (SSSR count). The summed E-state index contributed by atoms with van der Waals surface area (Å²) < 4.78 is 0. The Morgan fingerprint density at radius 3 is 2.36 bits per heavy atom. The average Bonchev–Trinajstić information content (AvgIpc) is 2.44. The molecule has 2 nitrogen and oxygen atoms in total. The molecule has 5 fully saturated rings. The summed E-state index contributed by atoms with van der Waals surface area (Å²) in [7, 11) is 0. The van der Waals surface area contributed by atoms with Crippen LogP contribution in [0.3, 0.4) is 0 Å². The summed E-state index contributed by atoms with van der Waals surface area (Å²) in [5.41, 5.74) is 2.27. The first-order chi connectivity index (χ1) is 10.1. The summed E-state index contributed by atoms with van der Waals surface area (Å²) in [6.45, 7) is 4.42. The quantitative estimate of drug-likeness (QED) is 0.540. The Hall–Kier alpha value is 0.244. The smallest absolute Gasteiger partial charge is 0.158 e. The fourth-order valence-electron chi connectivity index (χ4n) is 5.97. The number of hydrogen-bond donors (Lipinski definition) is 0. The van der Waals surface area contributed by atoms with Gasteiger partial charge in [0.2, 0.25) is 0 Å². The van der Waals surface area contributed by atoms with E-state index in [0.29, 0.717) is 11.8 Å². The van der Waals surface area contributed by atoms with Gasteiger partial charge in [-0.25, -0.2) is 9.78 Å². The van der Waals surface area contributed by atoms with E-state index in [1.807, 2.05) is 0 Å². The standard InChI is InChI=1S/C19H23O2.Y/c1-12-4-3-5-15(6-12)18(2)19(21-20-18)16-8-13-7-14(10-16)11-17(19)9-13;/h3-6,13,16-17H,7-11H2,1-2H3;/q-1;. The third-order valence-electron chi connectivity index (χ3n) is 6.76. The molecule has 1 aromatic rings. The largest absolute Gasteiger partial charge is 0.313 e. The molecule has 1 radical (unpaired) electrons. The molecule has 0 N–H and O–H groups in total. The molecule has 4 saturated carbocycles. The third-order valence-corrected chi connectivity index (χ3v) is 6.76. The molecule has 0 aromatic heterocycles. The number of aryl methyl sites for hydroxylation is 1. The summed E-state index contributed by atoms with van der Waals surface area (Å²) in [4.78, 5) is 11.8. The van der Waals surface area contributed by atoms with E-state index in [4.69, 9.17) is 9.78 Å². The SMILES string of the molecule is Cc1cccc(C2(C)OOC23C2C[C-]4CC(C2)CC3C4)c1.[Y]. The van der Waals surface area contributed by atoms with Gasteiger partial charge in [-0.3, -0.25) is 0 Å². The molecule has 3 heteroatoms. The van der Waals surface area contributed by atoms with Gasteiger partial charge in [-0.05, 0) is 44.1 Å². The van der Waals surface area contributed by atoms with Crippen LogP contribution in [0.4, 0.5) is 0 Å². The Kier molecular flexibility index (Phi) is 3.66. The summed E-state index contributed by atoms with van der Waals surface area (Å²) in [6, 6.07) is 8.81. The second kappa shape index (κ2) is 5.12. The molecule has 1 spiro atoms. The first-order valence-electron chi connectivity index (χ1n) is 8.39. The molecule has 3 atom stereocenters. The van der Waals surface area contributed by atoms with Crippen molar-refractivity contribution in [2.24, 2.45) is 17.8 Å². The molecule has 3 unspecified atom stereocenters. The van der Waals surface area contributed by atoms with Crippen molar-refractivity contribution >= 4 is 0 Å². The molecule has 22 heavy (non-hydrogen) atoms. The minimum atomic E-state index is -0.262. The number of hydrogen-bond acceptors (Lipinski definition) is 2.